The highest BCUT2D eigenvalue weighted by Crippen LogP contribution is 2.21. The Morgan fingerprint density at radius 2 is 2.16 bits per heavy atom. The van der Waals surface area contributed by atoms with E-state index in [1.807, 2.05) is 32.0 Å². The summed E-state index contributed by atoms with van der Waals surface area (Å²) in [6.45, 7) is 5.02. The van der Waals surface area contributed by atoms with Crippen LogP contribution in [0.25, 0.3) is 0 Å². The summed E-state index contributed by atoms with van der Waals surface area (Å²) >= 11 is 0. The van der Waals surface area contributed by atoms with Crippen molar-refractivity contribution in [1.29, 1.82) is 0 Å². The van der Waals surface area contributed by atoms with Crippen molar-refractivity contribution in [3.05, 3.63) is 35.4 Å². The SMILES string of the molecule is CCNCC1=NC(=O)C(c2cccc(C)c2)C(=O)N1. The Labute approximate surface area is 112 Å². The van der Waals surface area contributed by atoms with Gasteiger partial charge >= 0.3 is 0 Å². The van der Waals surface area contributed by atoms with Gasteiger partial charge < -0.3 is 10.6 Å². The first kappa shape index (κ1) is 13.4. The zero-order valence-electron chi connectivity index (χ0n) is 11.1. The van der Waals surface area contributed by atoms with Gasteiger partial charge in [-0.25, -0.2) is 0 Å². The number of aliphatic imine (C=N–C) groups is 1. The molecule has 0 aromatic heterocycles. The predicted octanol–water partition coefficient (Wildman–Crippen LogP) is 0.743. The maximum Gasteiger partial charge on any atom is 0.264 e. The Hall–Kier alpha value is -2.01. The third-order valence-electron chi connectivity index (χ3n) is 2.94. The summed E-state index contributed by atoms with van der Waals surface area (Å²) in [5, 5.41) is 5.70. The molecule has 1 aromatic rings. The van der Waals surface area contributed by atoms with E-state index in [0.717, 1.165) is 12.1 Å². The van der Waals surface area contributed by atoms with Crippen molar-refractivity contribution in [3.63, 3.8) is 0 Å². The van der Waals surface area contributed by atoms with Crippen LogP contribution in [0.1, 0.15) is 24.0 Å². The molecule has 1 heterocycles. The van der Waals surface area contributed by atoms with Crippen LogP contribution in [0.3, 0.4) is 0 Å². The van der Waals surface area contributed by atoms with Gasteiger partial charge in [-0.05, 0) is 19.0 Å². The van der Waals surface area contributed by atoms with Crippen LogP contribution >= 0.6 is 0 Å². The number of carbonyl (C=O) groups is 2. The molecule has 2 amide bonds. The van der Waals surface area contributed by atoms with Crippen molar-refractivity contribution in [2.24, 2.45) is 4.99 Å². The number of amides is 2. The van der Waals surface area contributed by atoms with Gasteiger partial charge in [0.2, 0.25) is 5.91 Å². The number of rotatable bonds is 4. The van der Waals surface area contributed by atoms with E-state index in [1.165, 1.54) is 0 Å². The third kappa shape index (κ3) is 3.06. The van der Waals surface area contributed by atoms with Gasteiger partial charge in [-0.3, -0.25) is 9.59 Å². The zero-order valence-corrected chi connectivity index (χ0v) is 11.1. The van der Waals surface area contributed by atoms with Crippen LogP contribution in [-0.2, 0) is 9.59 Å². The summed E-state index contributed by atoms with van der Waals surface area (Å²) in [7, 11) is 0. The molecule has 1 atom stereocenters. The Morgan fingerprint density at radius 3 is 2.79 bits per heavy atom. The number of likely N-dealkylation sites (N-methyl/N-ethyl adjacent to an activating group) is 1. The Bertz CT molecular complexity index is 537. The fraction of sp³-hybridized carbons (Fsp3) is 0.357. The van der Waals surface area contributed by atoms with Crippen LogP contribution in [-0.4, -0.2) is 30.7 Å². The lowest BCUT2D eigenvalue weighted by atomic mass is 9.95. The summed E-state index contributed by atoms with van der Waals surface area (Å²) in [6.07, 6.45) is 0. The predicted molar refractivity (Wildman–Crippen MR) is 73.0 cm³/mol. The van der Waals surface area contributed by atoms with Crippen LogP contribution < -0.4 is 10.6 Å². The molecule has 1 aliphatic heterocycles. The molecule has 1 aliphatic rings. The highest BCUT2D eigenvalue weighted by molar-refractivity contribution is 6.19. The standard InChI is InChI=1S/C14H17N3O2/c1-3-15-8-11-16-13(18)12(14(19)17-11)10-6-4-5-9(2)7-10/h4-7,12,15H,3,8H2,1-2H3,(H,16,17,18,19). The second kappa shape index (κ2) is 5.75. The number of amidine groups is 1. The summed E-state index contributed by atoms with van der Waals surface area (Å²) in [5.41, 5.74) is 1.70. The van der Waals surface area contributed by atoms with Gasteiger partial charge in [0, 0.05) is 0 Å². The van der Waals surface area contributed by atoms with E-state index in [-0.39, 0.29) is 5.91 Å². The van der Waals surface area contributed by atoms with Gasteiger partial charge in [0.25, 0.3) is 5.91 Å². The average molecular weight is 259 g/mol. The first-order chi connectivity index (χ1) is 9.11. The number of hydrogen-bond donors (Lipinski definition) is 2. The van der Waals surface area contributed by atoms with E-state index in [9.17, 15) is 9.59 Å². The van der Waals surface area contributed by atoms with Gasteiger partial charge in [-0.15, -0.1) is 0 Å². The van der Waals surface area contributed by atoms with E-state index in [2.05, 4.69) is 15.6 Å². The maximum absolute atomic E-state index is 12.0. The van der Waals surface area contributed by atoms with Gasteiger partial charge in [-0.2, -0.15) is 4.99 Å². The number of nitrogens with zero attached hydrogens (tertiary/aromatic N) is 1. The van der Waals surface area contributed by atoms with E-state index >= 15 is 0 Å². The van der Waals surface area contributed by atoms with Crippen LogP contribution in [0.5, 0.6) is 0 Å². The minimum absolute atomic E-state index is 0.307. The van der Waals surface area contributed by atoms with Crippen molar-refractivity contribution >= 4 is 17.6 Å². The van der Waals surface area contributed by atoms with Gasteiger partial charge in [0.15, 0.2) is 0 Å². The molecule has 19 heavy (non-hydrogen) atoms. The second-order valence-corrected chi connectivity index (χ2v) is 4.51. The van der Waals surface area contributed by atoms with E-state index in [4.69, 9.17) is 0 Å². The van der Waals surface area contributed by atoms with Crippen molar-refractivity contribution in [2.75, 3.05) is 13.1 Å². The first-order valence-corrected chi connectivity index (χ1v) is 6.31. The number of benzene rings is 1. The third-order valence-corrected chi connectivity index (χ3v) is 2.94. The zero-order chi connectivity index (χ0) is 13.8. The minimum atomic E-state index is -0.828. The minimum Gasteiger partial charge on any atom is -0.312 e. The van der Waals surface area contributed by atoms with Crippen LogP contribution in [0.4, 0.5) is 0 Å². The van der Waals surface area contributed by atoms with Crippen molar-refractivity contribution in [1.82, 2.24) is 10.6 Å². The molecule has 0 fully saturated rings. The lowest BCUT2D eigenvalue weighted by molar-refractivity contribution is -0.129. The van der Waals surface area contributed by atoms with E-state index < -0.39 is 11.8 Å². The monoisotopic (exact) mass is 259 g/mol. The average Bonchev–Trinajstić information content (AvgIpc) is 2.35. The summed E-state index contributed by atoms with van der Waals surface area (Å²) < 4.78 is 0. The van der Waals surface area contributed by atoms with Gasteiger partial charge in [0.05, 0.1) is 6.54 Å². The second-order valence-electron chi connectivity index (χ2n) is 4.51. The normalized spacial score (nSPS) is 19.1. The molecule has 0 saturated carbocycles. The van der Waals surface area contributed by atoms with Crippen molar-refractivity contribution in [3.8, 4) is 0 Å². The largest absolute Gasteiger partial charge is 0.312 e. The molecule has 2 rings (SSSR count). The molecule has 0 saturated heterocycles. The lowest BCUT2D eigenvalue weighted by Gasteiger charge is -2.20. The van der Waals surface area contributed by atoms with Crippen molar-refractivity contribution < 1.29 is 9.59 Å². The molecular weight excluding hydrogens is 242 g/mol. The molecule has 2 N–H and O–H groups in total. The topological polar surface area (TPSA) is 70.6 Å². The number of hydrogen-bond acceptors (Lipinski definition) is 3. The highest BCUT2D eigenvalue weighted by atomic mass is 16.2. The van der Waals surface area contributed by atoms with E-state index in [1.54, 1.807) is 6.07 Å². The highest BCUT2D eigenvalue weighted by Gasteiger charge is 2.33. The summed E-state index contributed by atoms with van der Waals surface area (Å²) in [4.78, 5) is 28.0. The Morgan fingerprint density at radius 1 is 1.37 bits per heavy atom. The number of nitrogens with one attached hydrogen (secondary N) is 2. The summed E-state index contributed by atoms with van der Waals surface area (Å²) in [5.74, 6) is -1.15. The smallest absolute Gasteiger partial charge is 0.264 e. The molecular formula is C14H17N3O2. The van der Waals surface area contributed by atoms with Gasteiger partial charge in [-0.1, -0.05) is 36.8 Å². The molecule has 5 nitrogen and oxygen atoms in total. The summed E-state index contributed by atoms with van der Waals surface area (Å²) in [6, 6.07) is 7.38. The molecule has 1 unspecified atom stereocenters. The fourth-order valence-corrected chi connectivity index (χ4v) is 2.02. The molecule has 0 aliphatic carbocycles. The number of carbonyl (C=O) groups excluding carboxylic acids is 2. The van der Waals surface area contributed by atoms with Crippen LogP contribution in [0.15, 0.2) is 29.3 Å². The van der Waals surface area contributed by atoms with E-state index in [0.29, 0.717) is 17.9 Å². The Kier molecular flexibility index (Phi) is 4.06. The molecule has 100 valence electrons. The van der Waals surface area contributed by atoms with Crippen LogP contribution in [0, 0.1) is 6.92 Å². The Balaban J connectivity index is 2.22. The lowest BCUT2D eigenvalue weighted by Crippen LogP contribution is -2.46. The number of aryl methyl sites for hydroxylation is 1. The van der Waals surface area contributed by atoms with Crippen LogP contribution in [0.2, 0.25) is 0 Å². The quantitative estimate of drug-likeness (QED) is 0.784. The molecule has 0 spiro atoms. The van der Waals surface area contributed by atoms with Crippen molar-refractivity contribution in [2.45, 2.75) is 19.8 Å². The fourth-order valence-electron chi connectivity index (χ4n) is 2.02. The molecule has 0 radical (unpaired) electrons. The molecule has 1 aromatic carbocycles. The first-order valence-electron chi connectivity index (χ1n) is 6.31. The van der Waals surface area contributed by atoms with Gasteiger partial charge in [0.1, 0.15) is 11.8 Å². The molecule has 5 heteroatoms. The molecule has 0 bridgehead atoms. The maximum atomic E-state index is 12.0.